The van der Waals surface area contributed by atoms with Crippen LogP contribution < -0.4 is 4.72 Å². The van der Waals surface area contributed by atoms with E-state index in [-0.39, 0.29) is 0 Å². The Bertz CT molecular complexity index is 815. The lowest BCUT2D eigenvalue weighted by atomic mass is 9.98. The van der Waals surface area contributed by atoms with E-state index in [2.05, 4.69) is 4.18 Å². The zero-order valence-corrected chi connectivity index (χ0v) is 16.5. The van der Waals surface area contributed by atoms with Crippen LogP contribution in [-0.2, 0) is 43.9 Å². The first-order valence-electron chi connectivity index (χ1n) is 8.24. The molecule has 30 heavy (non-hydrogen) atoms. The number of aliphatic hydroxyl groups excluding tert-OH is 3. The van der Waals surface area contributed by atoms with Crippen molar-refractivity contribution < 1.29 is 69.6 Å². The van der Waals surface area contributed by atoms with Crippen LogP contribution >= 0.6 is 0 Å². The van der Waals surface area contributed by atoms with Crippen LogP contribution in [0.3, 0.4) is 0 Å². The van der Waals surface area contributed by atoms with E-state index in [0.717, 1.165) is 0 Å². The Labute approximate surface area is 170 Å². The summed E-state index contributed by atoms with van der Waals surface area (Å²) in [5, 5.41) is 39.2. The summed E-state index contributed by atoms with van der Waals surface area (Å²) in [6, 6.07) is -1.75. The van der Waals surface area contributed by atoms with Crippen molar-refractivity contribution in [2.45, 2.75) is 55.4 Å². The molecule has 2 aliphatic rings. The lowest BCUT2D eigenvalue weighted by Crippen LogP contribution is -2.63. The molecule has 2 rings (SSSR count). The SMILES string of the molecule is O=C(O)C1OCC(O)[C@@H](O)[C@H]1O[C@@H]1OC(COS(=O)(=O)O)C[C@H](O)C1NS(=O)(=O)O. The third kappa shape index (κ3) is 7.00. The number of carbonyl (C=O) groups is 1. The molecule has 0 aliphatic carbocycles. The number of hydrogen-bond donors (Lipinski definition) is 7. The predicted octanol–water partition coefficient (Wildman–Crippen LogP) is -4.37. The Hall–Kier alpha value is -1.03. The largest absolute Gasteiger partial charge is 0.479 e. The van der Waals surface area contributed by atoms with E-state index in [1.165, 1.54) is 0 Å². The van der Waals surface area contributed by atoms with Gasteiger partial charge in [-0.3, -0.25) is 9.11 Å². The minimum absolute atomic E-state index is 0.461. The van der Waals surface area contributed by atoms with Gasteiger partial charge < -0.3 is 34.6 Å². The maximum atomic E-state index is 11.4. The molecule has 0 aromatic heterocycles. The van der Waals surface area contributed by atoms with E-state index in [1.54, 1.807) is 4.72 Å². The molecule has 2 heterocycles. The van der Waals surface area contributed by atoms with Gasteiger partial charge in [-0.2, -0.15) is 21.6 Å². The first kappa shape index (κ1) is 25.2. The van der Waals surface area contributed by atoms with Crippen molar-refractivity contribution in [3.8, 4) is 0 Å². The average molecular weight is 483 g/mol. The van der Waals surface area contributed by atoms with Gasteiger partial charge in [0.25, 0.3) is 0 Å². The fraction of sp³-hybridized carbons (Fsp3) is 0.917. The highest BCUT2D eigenvalue weighted by Crippen LogP contribution is 2.28. The molecule has 0 saturated carbocycles. The Morgan fingerprint density at radius 1 is 1.10 bits per heavy atom. The fourth-order valence-electron chi connectivity index (χ4n) is 2.93. The van der Waals surface area contributed by atoms with Gasteiger partial charge in [0.15, 0.2) is 12.4 Å². The molecule has 7 N–H and O–H groups in total. The minimum atomic E-state index is -4.93. The molecule has 8 atom stereocenters. The normalized spacial score (nSPS) is 38.3. The Morgan fingerprint density at radius 3 is 2.27 bits per heavy atom. The third-order valence-electron chi connectivity index (χ3n) is 4.24. The average Bonchev–Trinajstić information content (AvgIpc) is 2.58. The summed E-state index contributed by atoms with van der Waals surface area (Å²) < 4.78 is 82.6. The van der Waals surface area contributed by atoms with Gasteiger partial charge in [-0.25, -0.2) is 8.98 Å². The number of carboxylic acids is 1. The van der Waals surface area contributed by atoms with Gasteiger partial charge in [0.1, 0.15) is 24.4 Å². The number of aliphatic carboxylic acids is 1. The molecule has 176 valence electrons. The molecule has 2 fully saturated rings. The molecule has 2 aliphatic heterocycles. The molecule has 2 saturated heterocycles. The van der Waals surface area contributed by atoms with Gasteiger partial charge >= 0.3 is 26.7 Å². The van der Waals surface area contributed by atoms with E-state index < -0.39 is 95.3 Å². The number of nitrogens with one attached hydrogen (secondary N) is 1. The molecule has 0 radical (unpaired) electrons. The number of ether oxygens (including phenoxy) is 3. The second kappa shape index (κ2) is 9.63. The zero-order chi connectivity index (χ0) is 22.9. The van der Waals surface area contributed by atoms with Gasteiger partial charge in [-0.15, -0.1) is 0 Å². The monoisotopic (exact) mass is 483 g/mol. The van der Waals surface area contributed by atoms with Crippen molar-refractivity contribution in [2.75, 3.05) is 13.2 Å². The van der Waals surface area contributed by atoms with Gasteiger partial charge in [0, 0.05) is 6.42 Å². The van der Waals surface area contributed by atoms with E-state index in [9.17, 15) is 42.1 Å². The lowest BCUT2D eigenvalue weighted by Gasteiger charge is -2.43. The fourth-order valence-corrected chi connectivity index (χ4v) is 3.87. The predicted molar refractivity (Wildman–Crippen MR) is 89.5 cm³/mol. The molecule has 18 heteroatoms. The molecule has 4 unspecified atom stereocenters. The van der Waals surface area contributed by atoms with Crippen molar-refractivity contribution in [3.05, 3.63) is 0 Å². The van der Waals surface area contributed by atoms with Crippen LogP contribution in [0.25, 0.3) is 0 Å². The highest BCUT2D eigenvalue weighted by Gasteiger charge is 2.49. The molecule has 0 aromatic carbocycles. The van der Waals surface area contributed by atoms with Crippen molar-refractivity contribution in [1.29, 1.82) is 0 Å². The molecular weight excluding hydrogens is 462 g/mol. The smallest absolute Gasteiger partial charge is 0.397 e. The van der Waals surface area contributed by atoms with Gasteiger partial charge in [0.2, 0.25) is 0 Å². The van der Waals surface area contributed by atoms with E-state index >= 15 is 0 Å². The lowest BCUT2D eigenvalue weighted by molar-refractivity contribution is -0.293. The summed E-state index contributed by atoms with van der Waals surface area (Å²) in [5.74, 6) is -1.60. The van der Waals surface area contributed by atoms with Crippen LogP contribution in [-0.4, -0.2) is 115 Å². The Balaban J connectivity index is 2.26. The molecule has 16 nitrogen and oxygen atoms in total. The van der Waals surface area contributed by atoms with Crippen LogP contribution in [0.2, 0.25) is 0 Å². The second-order valence-electron chi connectivity index (χ2n) is 6.51. The Morgan fingerprint density at radius 2 is 1.73 bits per heavy atom. The first-order chi connectivity index (χ1) is 13.7. The summed E-state index contributed by atoms with van der Waals surface area (Å²) >= 11 is 0. The number of carboxylic acid groups (broad SMARTS) is 1. The molecule has 0 amide bonds. The molecule has 0 bridgehead atoms. The summed E-state index contributed by atoms with van der Waals surface area (Å²) in [7, 11) is -9.82. The van der Waals surface area contributed by atoms with Gasteiger partial charge in [0.05, 0.1) is 25.4 Å². The number of hydrogen-bond acceptors (Lipinski definition) is 12. The van der Waals surface area contributed by atoms with Crippen molar-refractivity contribution >= 4 is 26.7 Å². The number of aliphatic hydroxyl groups is 3. The summed E-state index contributed by atoms with van der Waals surface area (Å²) in [5.41, 5.74) is 0. The van der Waals surface area contributed by atoms with E-state index in [0.29, 0.717) is 0 Å². The van der Waals surface area contributed by atoms with Crippen LogP contribution in [0.15, 0.2) is 0 Å². The highest BCUT2D eigenvalue weighted by atomic mass is 32.3. The van der Waals surface area contributed by atoms with E-state index in [4.69, 9.17) is 23.3 Å². The van der Waals surface area contributed by atoms with Gasteiger partial charge in [-0.05, 0) is 0 Å². The zero-order valence-electron chi connectivity index (χ0n) is 14.9. The topological polar surface area (TPSA) is 256 Å². The maximum absolute atomic E-state index is 11.4. The second-order valence-corrected chi connectivity index (χ2v) is 8.79. The minimum Gasteiger partial charge on any atom is -0.479 e. The summed E-state index contributed by atoms with van der Waals surface area (Å²) in [6.07, 6.45) is -12.4. The third-order valence-corrected chi connectivity index (χ3v) is 5.24. The number of rotatable bonds is 8. The standard InChI is InChI=1S/C12H21NO15S2/c14-5-1-4(2-26-30(22,23)24)27-12(7(5)13-29(19,20)21)28-9-8(16)6(15)3-25-10(9)11(17)18/h4-10,12-16H,1-3H2,(H,17,18)(H,19,20,21)(H,22,23,24)/t4?,5-,6?,7?,8+,9+,10?,12-/m0/s1. The van der Waals surface area contributed by atoms with E-state index in [1.807, 2.05) is 0 Å². The molecular formula is C12H21NO15S2. The Kier molecular flexibility index (Phi) is 8.10. The van der Waals surface area contributed by atoms with Crippen LogP contribution in [0.4, 0.5) is 0 Å². The van der Waals surface area contributed by atoms with Crippen molar-refractivity contribution in [2.24, 2.45) is 0 Å². The van der Waals surface area contributed by atoms with Crippen LogP contribution in [0.5, 0.6) is 0 Å². The van der Waals surface area contributed by atoms with Crippen LogP contribution in [0.1, 0.15) is 6.42 Å². The van der Waals surface area contributed by atoms with Crippen LogP contribution in [0, 0.1) is 0 Å². The first-order valence-corrected chi connectivity index (χ1v) is 11.0. The quantitative estimate of drug-likeness (QED) is 0.161. The maximum Gasteiger partial charge on any atom is 0.397 e. The highest BCUT2D eigenvalue weighted by molar-refractivity contribution is 7.83. The summed E-state index contributed by atoms with van der Waals surface area (Å²) in [6.45, 7) is -1.40. The van der Waals surface area contributed by atoms with Crippen molar-refractivity contribution in [3.63, 3.8) is 0 Å². The molecule has 0 spiro atoms. The molecule has 0 aromatic rings. The summed E-state index contributed by atoms with van der Waals surface area (Å²) in [4.78, 5) is 11.4. The van der Waals surface area contributed by atoms with Crippen molar-refractivity contribution in [1.82, 2.24) is 4.72 Å². The van der Waals surface area contributed by atoms with Gasteiger partial charge in [-0.1, -0.05) is 0 Å².